The van der Waals surface area contributed by atoms with Crippen molar-refractivity contribution in [2.75, 3.05) is 33.2 Å². The van der Waals surface area contributed by atoms with Crippen molar-refractivity contribution in [3.8, 4) is 28.3 Å². The van der Waals surface area contributed by atoms with Crippen molar-refractivity contribution >= 4 is 11.6 Å². The van der Waals surface area contributed by atoms with Gasteiger partial charge < -0.3 is 9.32 Å². The molecule has 1 saturated heterocycles. The van der Waals surface area contributed by atoms with Crippen molar-refractivity contribution in [3.05, 3.63) is 83.5 Å². The SMILES string of the molecule is CN1CCN(Cc2cnn(-c3ccc(-c4ccc(F)cc4)c(Cl)c3)c2-c2ccco2)CC1. The molecule has 0 radical (unpaired) electrons. The molecule has 32 heavy (non-hydrogen) atoms. The summed E-state index contributed by atoms with van der Waals surface area (Å²) in [5.41, 5.74) is 4.60. The summed E-state index contributed by atoms with van der Waals surface area (Å²) in [6, 6.07) is 16.0. The van der Waals surface area contributed by atoms with Crippen LogP contribution in [0.1, 0.15) is 5.56 Å². The van der Waals surface area contributed by atoms with E-state index in [0.29, 0.717) is 5.02 Å². The topological polar surface area (TPSA) is 37.4 Å². The zero-order chi connectivity index (χ0) is 22.1. The first kappa shape index (κ1) is 20.9. The van der Waals surface area contributed by atoms with Gasteiger partial charge >= 0.3 is 0 Å². The summed E-state index contributed by atoms with van der Waals surface area (Å²) in [6.45, 7) is 4.98. The number of benzene rings is 2. The third kappa shape index (κ3) is 4.21. The molecule has 1 aliphatic rings. The average Bonchev–Trinajstić information content (AvgIpc) is 3.46. The Morgan fingerprint density at radius 3 is 2.50 bits per heavy atom. The van der Waals surface area contributed by atoms with E-state index >= 15 is 0 Å². The van der Waals surface area contributed by atoms with Gasteiger partial charge in [-0.05, 0) is 49.0 Å². The maximum absolute atomic E-state index is 13.3. The third-order valence-corrected chi connectivity index (χ3v) is 6.25. The van der Waals surface area contributed by atoms with Crippen molar-refractivity contribution < 1.29 is 8.81 Å². The largest absolute Gasteiger partial charge is 0.463 e. The number of hydrogen-bond acceptors (Lipinski definition) is 4. The Hall–Kier alpha value is -2.93. The lowest BCUT2D eigenvalue weighted by atomic mass is 10.1. The molecule has 0 N–H and O–H groups in total. The van der Waals surface area contributed by atoms with Gasteiger partial charge in [-0.2, -0.15) is 5.10 Å². The van der Waals surface area contributed by atoms with Gasteiger partial charge in [0.25, 0.3) is 0 Å². The zero-order valence-corrected chi connectivity index (χ0v) is 18.6. The molecule has 1 aliphatic heterocycles. The van der Waals surface area contributed by atoms with Gasteiger partial charge in [-0.1, -0.05) is 29.8 Å². The summed E-state index contributed by atoms with van der Waals surface area (Å²) in [4.78, 5) is 4.79. The quantitative estimate of drug-likeness (QED) is 0.411. The molecule has 3 heterocycles. The highest BCUT2D eigenvalue weighted by Gasteiger charge is 2.21. The summed E-state index contributed by atoms with van der Waals surface area (Å²) in [7, 11) is 2.16. The van der Waals surface area contributed by atoms with Crippen LogP contribution in [-0.2, 0) is 6.54 Å². The van der Waals surface area contributed by atoms with Crippen molar-refractivity contribution in [3.63, 3.8) is 0 Å². The van der Waals surface area contributed by atoms with E-state index in [4.69, 9.17) is 16.0 Å². The number of likely N-dealkylation sites (N-methyl/N-ethyl adjacent to an activating group) is 1. The zero-order valence-electron chi connectivity index (χ0n) is 17.8. The minimum Gasteiger partial charge on any atom is -0.463 e. The van der Waals surface area contributed by atoms with E-state index in [1.54, 1.807) is 18.4 Å². The lowest BCUT2D eigenvalue weighted by Gasteiger charge is -2.32. The van der Waals surface area contributed by atoms with E-state index in [-0.39, 0.29) is 5.82 Å². The molecular weight excluding hydrogens is 427 g/mol. The number of furan rings is 1. The molecule has 0 bridgehead atoms. The third-order valence-electron chi connectivity index (χ3n) is 5.94. The van der Waals surface area contributed by atoms with Crippen molar-refractivity contribution in [1.82, 2.24) is 19.6 Å². The van der Waals surface area contributed by atoms with Crippen LogP contribution in [0.15, 0.2) is 71.5 Å². The number of piperazine rings is 1. The molecule has 2 aromatic carbocycles. The Kier molecular flexibility index (Phi) is 5.83. The molecule has 1 fully saturated rings. The van der Waals surface area contributed by atoms with Crippen molar-refractivity contribution in [1.29, 1.82) is 0 Å². The second-order valence-corrected chi connectivity index (χ2v) is 8.57. The summed E-state index contributed by atoms with van der Waals surface area (Å²) < 4.78 is 20.9. The smallest absolute Gasteiger partial charge is 0.152 e. The fourth-order valence-electron chi connectivity index (χ4n) is 4.12. The molecule has 0 atom stereocenters. The second kappa shape index (κ2) is 8.90. The summed E-state index contributed by atoms with van der Waals surface area (Å²) in [5, 5.41) is 5.27. The first-order valence-corrected chi connectivity index (χ1v) is 11.0. The van der Waals surface area contributed by atoms with E-state index in [9.17, 15) is 4.39 Å². The Labute approximate surface area is 191 Å². The van der Waals surface area contributed by atoms with Gasteiger partial charge in [-0.15, -0.1) is 0 Å². The molecular formula is C25H24ClFN4O. The van der Waals surface area contributed by atoms with Gasteiger partial charge in [-0.3, -0.25) is 4.90 Å². The van der Waals surface area contributed by atoms with Crippen LogP contribution in [0.4, 0.5) is 4.39 Å². The number of nitrogens with zero attached hydrogens (tertiary/aromatic N) is 4. The first-order chi connectivity index (χ1) is 15.6. The van der Waals surface area contributed by atoms with Crippen LogP contribution in [0, 0.1) is 5.82 Å². The Balaban J connectivity index is 1.50. The number of halogens is 2. The molecule has 0 unspecified atom stereocenters. The predicted octanol–water partition coefficient (Wildman–Crippen LogP) is 5.34. The molecule has 164 valence electrons. The maximum Gasteiger partial charge on any atom is 0.152 e. The van der Waals surface area contributed by atoms with Gasteiger partial charge in [0.1, 0.15) is 11.5 Å². The minimum absolute atomic E-state index is 0.269. The van der Waals surface area contributed by atoms with Crippen LogP contribution >= 0.6 is 11.6 Å². The highest BCUT2D eigenvalue weighted by Crippen LogP contribution is 2.33. The number of rotatable bonds is 5. The van der Waals surface area contributed by atoms with Gasteiger partial charge in [-0.25, -0.2) is 9.07 Å². The molecule has 4 aromatic rings. The fourth-order valence-corrected chi connectivity index (χ4v) is 4.40. The second-order valence-electron chi connectivity index (χ2n) is 8.16. The summed E-state index contributed by atoms with van der Waals surface area (Å²) >= 11 is 6.64. The van der Waals surface area contributed by atoms with Gasteiger partial charge in [0.2, 0.25) is 0 Å². The highest BCUT2D eigenvalue weighted by molar-refractivity contribution is 6.33. The van der Waals surface area contributed by atoms with Crippen LogP contribution < -0.4 is 0 Å². The van der Waals surface area contributed by atoms with Crippen LogP contribution in [0.2, 0.25) is 5.02 Å². The van der Waals surface area contributed by atoms with Crippen molar-refractivity contribution in [2.24, 2.45) is 0 Å². The van der Waals surface area contributed by atoms with E-state index in [1.807, 2.05) is 41.2 Å². The standard InChI is InChI=1S/C25H24ClFN4O/c1-29-10-12-30(13-11-29)17-19-16-28-31(25(19)24-3-2-14-32-24)21-8-9-22(23(26)15-21)18-4-6-20(27)7-5-18/h2-9,14-16H,10-13,17H2,1H3. The van der Waals surface area contributed by atoms with Crippen LogP contribution in [-0.4, -0.2) is 52.8 Å². The summed E-state index contributed by atoms with van der Waals surface area (Å²) in [6.07, 6.45) is 3.59. The van der Waals surface area contributed by atoms with E-state index in [1.165, 1.54) is 12.1 Å². The molecule has 5 nitrogen and oxygen atoms in total. The lowest BCUT2D eigenvalue weighted by Crippen LogP contribution is -2.43. The average molecular weight is 451 g/mol. The van der Waals surface area contributed by atoms with Gasteiger partial charge in [0.15, 0.2) is 5.76 Å². The lowest BCUT2D eigenvalue weighted by molar-refractivity contribution is 0.148. The van der Waals surface area contributed by atoms with E-state index in [2.05, 4.69) is 21.9 Å². The van der Waals surface area contributed by atoms with E-state index < -0.39 is 0 Å². The molecule has 0 spiro atoms. The first-order valence-electron chi connectivity index (χ1n) is 10.7. The molecule has 0 amide bonds. The van der Waals surface area contributed by atoms with Gasteiger partial charge in [0, 0.05) is 43.9 Å². The molecule has 0 saturated carbocycles. The monoisotopic (exact) mass is 450 g/mol. The van der Waals surface area contributed by atoms with Gasteiger partial charge in [0.05, 0.1) is 23.2 Å². The number of aromatic nitrogens is 2. The Morgan fingerprint density at radius 2 is 1.81 bits per heavy atom. The normalized spacial score (nSPS) is 15.3. The van der Waals surface area contributed by atoms with Crippen molar-refractivity contribution in [2.45, 2.75) is 6.54 Å². The molecule has 0 aliphatic carbocycles. The predicted molar refractivity (Wildman–Crippen MR) is 124 cm³/mol. The fraction of sp³-hybridized carbons (Fsp3) is 0.240. The molecule has 5 rings (SSSR count). The summed E-state index contributed by atoms with van der Waals surface area (Å²) in [5.74, 6) is 0.499. The highest BCUT2D eigenvalue weighted by atomic mass is 35.5. The molecule has 2 aromatic heterocycles. The van der Waals surface area contributed by atoms with Crippen LogP contribution in [0.25, 0.3) is 28.3 Å². The maximum atomic E-state index is 13.3. The minimum atomic E-state index is -0.269. The Morgan fingerprint density at radius 1 is 1.03 bits per heavy atom. The van der Waals surface area contributed by atoms with Crippen LogP contribution in [0.3, 0.4) is 0 Å². The Bertz CT molecular complexity index is 1200. The number of hydrogen-bond donors (Lipinski definition) is 0. The van der Waals surface area contributed by atoms with E-state index in [0.717, 1.165) is 66.6 Å². The van der Waals surface area contributed by atoms with Crippen LogP contribution in [0.5, 0.6) is 0 Å². The molecule has 7 heteroatoms.